The van der Waals surface area contributed by atoms with E-state index in [0.29, 0.717) is 6.10 Å². The Kier molecular flexibility index (Phi) is 3.53. The molecule has 1 N–H and O–H groups in total. The second-order valence-corrected chi connectivity index (χ2v) is 7.18. The van der Waals surface area contributed by atoms with Crippen LogP contribution in [0.2, 0.25) is 0 Å². The first-order valence-electron chi connectivity index (χ1n) is 8.56. The van der Waals surface area contributed by atoms with Crippen molar-refractivity contribution in [2.75, 3.05) is 32.8 Å². The highest BCUT2D eigenvalue weighted by atomic mass is 16.7. The summed E-state index contributed by atoms with van der Waals surface area (Å²) in [5.74, 6) is 1.54. The van der Waals surface area contributed by atoms with Gasteiger partial charge in [0.25, 0.3) is 0 Å². The van der Waals surface area contributed by atoms with Crippen molar-refractivity contribution in [1.82, 2.24) is 10.2 Å². The number of likely N-dealkylation sites (tertiary alicyclic amines) is 1. The molecule has 0 amide bonds. The molecule has 4 unspecified atom stereocenters. The molecule has 4 rings (SSSR count). The van der Waals surface area contributed by atoms with E-state index in [1.807, 2.05) is 0 Å². The average Bonchev–Trinajstić information content (AvgIpc) is 3.17. The highest BCUT2D eigenvalue weighted by Crippen LogP contribution is 2.40. The number of ether oxygens (including phenoxy) is 2. The maximum atomic E-state index is 6.31. The fourth-order valence-electron chi connectivity index (χ4n) is 5.03. The van der Waals surface area contributed by atoms with Gasteiger partial charge in [-0.3, -0.25) is 4.90 Å². The minimum atomic E-state index is -0.191. The van der Waals surface area contributed by atoms with Gasteiger partial charge in [0.2, 0.25) is 0 Å². The van der Waals surface area contributed by atoms with Crippen LogP contribution in [0, 0.1) is 11.8 Å². The lowest BCUT2D eigenvalue weighted by Gasteiger charge is -2.29. The van der Waals surface area contributed by atoms with Gasteiger partial charge < -0.3 is 14.8 Å². The van der Waals surface area contributed by atoms with Crippen molar-refractivity contribution in [2.24, 2.45) is 11.8 Å². The molecule has 0 aromatic rings. The number of fused-ring (bicyclic) bond motifs is 1. The predicted molar refractivity (Wildman–Crippen MR) is 77.5 cm³/mol. The monoisotopic (exact) mass is 280 g/mol. The maximum Gasteiger partial charge on any atom is 0.168 e. The molecule has 3 heterocycles. The van der Waals surface area contributed by atoms with Crippen LogP contribution in [0.1, 0.15) is 39.0 Å². The Bertz CT molecular complexity index is 356. The van der Waals surface area contributed by atoms with Crippen LogP contribution in [-0.4, -0.2) is 55.6 Å². The Balaban J connectivity index is 1.37. The van der Waals surface area contributed by atoms with E-state index in [1.54, 1.807) is 0 Å². The summed E-state index contributed by atoms with van der Waals surface area (Å²) in [6.45, 7) is 7.90. The van der Waals surface area contributed by atoms with Gasteiger partial charge in [-0.1, -0.05) is 6.92 Å². The largest absolute Gasteiger partial charge is 0.347 e. The molecule has 0 aromatic carbocycles. The summed E-state index contributed by atoms with van der Waals surface area (Å²) >= 11 is 0. The summed E-state index contributed by atoms with van der Waals surface area (Å²) in [6, 6.07) is 0.749. The van der Waals surface area contributed by atoms with Crippen LogP contribution in [0.4, 0.5) is 0 Å². The highest BCUT2D eigenvalue weighted by molar-refractivity contribution is 4.99. The fraction of sp³-hybridized carbons (Fsp3) is 1.00. The second-order valence-electron chi connectivity index (χ2n) is 7.18. The fourth-order valence-corrected chi connectivity index (χ4v) is 5.03. The second kappa shape index (κ2) is 5.24. The molecular weight excluding hydrogens is 252 g/mol. The molecule has 0 aromatic heterocycles. The average molecular weight is 280 g/mol. The summed E-state index contributed by atoms with van der Waals surface area (Å²) in [6.07, 6.45) is 6.31. The molecule has 4 heteroatoms. The van der Waals surface area contributed by atoms with E-state index < -0.39 is 0 Å². The van der Waals surface area contributed by atoms with Gasteiger partial charge in [-0.25, -0.2) is 0 Å². The van der Waals surface area contributed by atoms with Gasteiger partial charge in [-0.15, -0.1) is 0 Å². The number of nitrogens with zero attached hydrogens (tertiary/aromatic N) is 1. The molecule has 4 atom stereocenters. The Morgan fingerprint density at radius 2 is 2.10 bits per heavy atom. The molecule has 1 saturated carbocycles. The van der Waals surface area contributed by atoms with E-state index in [9.17, 15) is 0 Å². The lowest BCUT2D eigenvalue weighted by atomic mass is 9.93. The lowest BCUT2D eigenvalue weighted by molar-refractivity contribution is -0.163. The van der Waals surface area contributed by atoms with E-state index >= 15 is 0 Å². The third-order valence-electron chi connectivity index (χ3n) is 5.96. The molecule has 0 radical (unpaired) electrons. The Morgan fingerprint density at radius 1 is 1.25 bits per heavy atom. The van der Waals surface area contributed by atoms with Gasteiger partial charge in [0.1, 0.15) is 0 Å². The summed E-state index contributed by atoms with van der Waals surface area (Å²) in [5, 5.41) is 3.56. The third-order valence-corrected chi connectivity index (χ3v) is 5.96. The first-order valence-corrected chi connectivity index (χ1v) is 8.56. The van der Waals surface area contributed by atoms with Gasteiger partial charge in [0, 0.05) is 32.0 Å². The standard InChI is InChI=1S/C16H28N2O2/c1-2-15-14-8-17-7-12(14)9-18(15)10-13-11-19-16(20-13)5-3-4-6-16/h12-15,17H,2-11H2,1H3. The van der Waals surface area contributed by atoms with Crippen molar-refractivity contribution in [3.63, 3.8) is 0 Å². The lowest BCUT2D eigenvalue weighted by Crippen LogP contribution is -2.41. The van der Waals surface area contributed by atoms with Crippen molar-refractivity contribution in [3.05, 3.63) is 0 Å². The molecule has 20 heavy (non-hydrogen) atoms. The van der Waals surface area contributed by atoms with Crippen molar-refractivity contribution in [2.45, 2.75) is 57.0 Å². The number of rotatable bonds is 3. The van der Waals surface area contributed by atoms with Crippen LogP contribution in [0.15, 0.2) is 0 Å². The molecule has 1 spiro atoms. The minimum Gasteiger partial charge on any atom is -0.347 e. The zero-order valence-electron chi connectivity index (χ0n) is 12.6. The van der Waals surface area contributed by atoms with Crippen LogP contribution < -0.4 is 5.32 Å². The van der Waals surface area contributed by atoms with Gasteiger partial charge in [-0.05, 0) is 44.2 Å². The van der Waals surface area contributed by atoms with Crippen LogP contribution >= 0.6 is 0 Å². The van der Waals surface area contributed by atoms with Crippen molar-refractivity contribution < 1.29 is 9.47 Å². The molecule has 114 valence electrons. The summed E-state index contributed by atoms with van der Waals surface area (Å²) in [7, 11) is 0. The molecule has 0 bridgehead atoms. The molecule has 3 saturated heterocycles. The first kappa shape index (κ1) is 13.5. The number of hydrogen-bond acceptors (Lipinski definition) is 4. The van der Waals surface area contributed by atoms with Crippen LogP contribution in [0.5, 0.6) is 0 Å². The molecule has 4 aliphatic rings. The molecule has 3 aliphatic heterocycles. The maximum absolute atomic E-state index is 6.31. The minimum absolute atomic E-state index is 0.191. The van der Waals surface area contributed by atoms with E-state index in [2.05, 4.69) is 17.1 Å². The normalized spacial score (nSPS) is 43.6. The third kappa shape index (κ3) is 2.21. The van der Waals surface area contributed by atoms with Gasteiger partial charge >= 0.3 is 0 Å². The van der Waals surface area contributed by atoms with Gasteiger partial charge in [0.15, 0.2) is 5.79 Å². The Hall–Kier alpha value is -0.160. The Labute approximate surface area is 122 Å². The van der Waals surface area contributed by atoms with Crippen molar-refractivity contribution in [3.8, 4) is 0 Å². The molecular formula is C16H28N2O2. The number of hydrogen-bond donors (Lipinski definition) is 1. The molecule has 4 fully saturated rings. The zero-order chi connectivity index (χ0) is 13.6. The van der Waals surface area contributed by atoms with Crippen molar-refractivity contribution in [1.29, 1.82) is 0 Å². The number of nitrogens with one attached hydrogen (secondary N) is 1. The Morgan fingerprint density at radius 3 is 2.90 bits per heavy atom. The first-order chi connectivity index (χ1) is 9.80. The van der Waals surface area contributed by atoms with Crippen LogP contribution in [0.3, 0.4) is 0 Å². The predicted octanol–water partition coefficient (Wildman–Crippen LogP) is 1.60. The van der Waals surface area contributed by atoms with Crippen molar-refractivity contribution >= 4 is 0 Å². The highest BCUT2D eigenvalue weighted by Gasteiger charge is 2.47. The quantitative estimate of drug-likeness (QED) is 0.851. The van der Waals surface area contributed by atoms with Gasteiger partial charge in [0.05, 0.1) is 12.7 Å². The van der Waals surface area contributed by atoms with E-state index in [4.69, 9.17) is 9.47 Å². The van der Waals surface area contributed by atoms with Crippen LogP contribution in [0.25, 0.3) is 0 Å². The summed E-state index contributed by atoms with van der Waals surface area (Å²) in [5.41, 5.74) is 0. The molecule has 4 nitrogen and oxygen atoms in total. The topological polar surface area (TPSA) is 33.7 Å². The zero-order valence-corrected chi connectivity index (χ0v) is 12.6. The van der Waals surface area contributed by atoms with Crippen LogP contribution in [-0.2, 0) is 9.47 Å². The summed E-state index contributed by atoms with van der Waals surface area (Å²) in [4.78, 5) is 2.69. The SMILES string of the molecule is CCC1C2CNCC2CN1CC1COC2(CCCC2)O1. The van der Waals surface area contributed by atoms with E-state index in [-0.39, 0.29) is 5.79 Å². The van der Waals surface area contributed by atoms with E-state index in [1.165, 1.54) is 38.9 Å². The van der Waals surface area contributed by atoms with E-state index in [0.717, 1.165) is 43.9 Å². The molecule has 1 aliphatic carbocycles. The van der Waals surface area contributed by atoms with Gasteiger partial charge in [-0.2, -0.15) is 0 Å². The smallest absolute Gasteiger partial charge is 0.168 e. The summed E-state index contributed by atoms with van der Waals surface area (Å²) < 4.78 is 12.3.